The van der Waals surface area contributed by atoms with E-state index in [0.717, 1.165) is 27.9 Å². The lowest BCUT2D eigenvalue weighted by Crippen LogP contribution is -2.19. The number of rotatable bonds is 5. The van der Waals surface area contributed by atoms with Crippen LogP contribution in [0.4, 0.5) is 0 Å². The second kappa shape index (κ2) is 6.97. The summed E-state index contributed by atoms with van der Waals surface area (Å²) in [5, 5.41) is 14.4. The number of hydrogen-bond acceptors (Lipinski definition) is 5. The van der Waals surface area contributed by atoms with Crippen molar-refractivity contribution in [2.75, 3.05) is 7.05 Å². The van der Waals surface area contributed by atoms with Crippen LogP contribution in [0.1, 0.15) is 22.5 Å². The molecule has 0 aliphatic rings. The molecular weight excluding hydrogens is 342 g/mol. The van der Waals surface area contributed by atoms with E-state index >= 15 is 0 Å². The van der Waals surface area contributed by atoms with E-state index in [2.05, 4.69) is 78.5 Å². The minimum Gasteiger partial charge on any atom is -0.295 e. The highest BCUT2D eigenvalue weighted by molar-refractivity contribution is 7.19. The molecule has 0 atom stereocenters. The Hall–Kier alpha value is -2.57. The average molecular weight is 363 g/mol. The summed E-state index contributed by atoms with van der Waals surface area (Å²) in [6, 6.07) is 16.9. The summed E-state index contributed by atoms with van der Waals surface area (Å²) in [6.45, 7) is 5.82. The number of fused-ring (bicyclic) bond motifs is 1. The van der Waals surface area contributed by atoms with Crippen molar-refractivity contribution in [2.45, 2.75) is 26.9 Å². The molecule has 0 fully saturated rings. The van der Waals surface area contributed by atoms with Crippen LogP contribution >= 0.6 is 11.3 Å². The van der Waals surface area contributed by atoms with Crippen molar-refractivity contribution >= 4 is 16.3 Å². The number of benzene rings is 2. The third kappa shape index (κ3) is 3.38. The molecular formula is C20H21N5S. The highest BCUT2D eigenvalue weighted by atomic mass is 32.1. The molecule has 132 valence electrons. The highest BCUT2D eigenvalue weighted by Crippen LogP contribution is 2.27. The lowest BCUT2D eigenvalue weighted by molar-refractivity contribution is 0.308. The first-order valence-electron chi connectivity index (χ1n) is 8.61. The molecule has 2 aromatic carbocycles. The van der Waals surface area contributed by atoms with E-state index in [-0.39, 0.29) is 0 Å². The molecule has 4 rings (SSSR count). The van der Waals surface area contributed by atoms with E-state index in [1.54, 1.807) is 11.3 Å². The van der Waals surface area contributed by atoms with E-state index in [1.165, 1.54) is 16.7 Å². The van der Waals surface area contributed by atoms with Gasteiger partial charge in [0.2, 0.25) is 4.96 Å². The zero-order valence-electron chi connectivity index (χ0n) is 15.2. The molecule has 0 saturated carbocycles. The van der Waals surface area contributed by atoms with Crippen molar-refractivity contribution in [3.8, 4) is 10.6 Å². The van der Waals surface area contributed by atoms with Crippen LogP contribution < -0.4 is 0 Å². The van der Waals surface area contributed by atoms with Gasteiger partial charge in [0.25, 0.3) is 0 Å². The summed E-state index contributed by atoms with van der Waals surface area (Å²) in [7, 11) is 2.09. The van der Waals surface area contributed by atoms with Crippen LogP contribution in [0.3, 0.4) is 0 Å². The van der Waals surface area contributed by atoms with Gasteiger partial charge in [0.05, 0.1) is 6.54 Å². The van der Waals surface area contributed by atoms with E-state index in [0.29, 0.717) is 6.54 Å². The highest BCUT2D eigenvalue weighted by Gasteiger charge is 2.15. The van der Waals surface area contributed by atoms with Crippen LogP contribution in [0.5, 0.6) is 0 Å². The van der Waals surface area contributed by atoms with E-state index in [9.17, 15) is 0 Å². The Labute approximate surface area is 156 Å². The SMILES string of the molecule is Cc1ccc(-c2nn3c(CN(C)Cc4ccccc4)nnc3s2)cc1C. The minimum atomic E-state index is 0.701. The maximum absolute atomic E-state index is 4.76. The quantitative estimate of drug-likeness (QED) is 0.535. The smallest absolute Gasteiger partial charge is 0.235 e. The van der Waals surface area contributed by atoms with Gasteiger partial charge in [0.1, 0.15) is 5.01 Å². The fraction of sp³-hybridized carbons (Fsp3) is 0.250. The van der Waals surface area contributed by atoms with Crippen LogP contribution in [0, 0.1) is 13.8 Å². The molecule has 0 radical (unpaired) electrons. The molecule has 0 aliphatic carbocycles. The number of hydrogen-bond donors (Lipinski definition) is 0. The van der Waals surface area contributed by atoms with Crippen molar-refractivity contribution < 1.29 is 0 Å². The lowest BCUT2D eigenvalue weighted by atomic mass is 10.1. The monoisotopic (exact) mass is 363 g/mol. The fourth-order valence-corrected chi connectivity index (χ4v) is 3.79. The molecule has 0 aliphatic heterocycles. The Morgan fingerprint density at radius 1 is 0.962 bits per heavy atom. The Bertz CT molecular complexity index is 1030. The third-order valence-corrected chi connectivity index (χ3v) is 5.46. The Balaban J connectivity index is 1.57. The molecule has 26 heavy (non-hydrogen) atoms. The maximum Gasteiger partial charge on any atom is 0.235 e. The fourth-order valence-electron chi connectivity index (χ4n) is 2.94. The second-order valence-electron chi connectivity index (χ2n) is 6.67. The van der Waals surface area contributed by atoms with Crippen molar-refractivity contribution in [3.63, 3.8) is 0 Å². The molecule has 0 unspecified atom stereocenters. The standard InChI is InChI=1S/C20H21N5S/c1-14-9-10-17(11-15(14)2)19-23-25-18(21-22-20(25)26-19)13-24(3)12-16-7-5-4-6-8-16/h4-11H,12-13H2,1-3H3. The summed E-state index contributed by atoms with van der Waals surface area (Å²) < 4.78 is 1.87. The van der Waals surface area contributed by atoms with Crippen LogP contribution in [0.15, 0.2) is 48.5 Å². The van der Waals surface area contributed by atoms with Crippen molar-refractivity contribution in [2.24, 2.45) is 0 Å². The van der Waals surface area contributed by atoms with Gasteiger partial charge in [-0.25, -0.2) is 0 Å². The first-order chi connectivity index (χ1) is 12.6. The van der Waals surface area contributed by atoms with Crippen LogP contribution in [0.2, 0.25) is 0 Å². The lowest BCUT2D eigenvalue weighted by Gasteiger charge is -2.14. The van der Waals surface area contributed by atoms with Crippen LogP contribution in [0.25, 0.3) is 15.5 Å². The first-order valence-corrected chi connectivity index (χ1v) is 9.43. The van der Waals surface area contributed by atoms with Crippen LogP contribution in [-0.2, 0) is 13.1 Å². The molecule has 4 aromatic rings. The van der Waals surface area contributed by atoms with Gasteiger partial charge in [-0.15, -0.1) is 10.2 Å². The largest absolute Gasteiger partial charge is 0.295 e. The van der Waals surface area contributed by atoms with Gasteiger partial charge >= 0.3 is 0 Å². The normalized spacial score (nSPS) is 11.5. The maximum atomic E-state index is 4.76. The molecule has 0 N–H and O–H groups in total. The predicted octanol–water partition coefficient (Wildman–Crippen LogP) is 4.10. The third-order valence-electron chi connectivity index (χ3n) is 4.52. The molecule has 5 nitrogen and oxygen atoms in total. The predicted molar refractivity (Wildman–Crippen MR) is 105 cm³/mol. The van der Waals surface area contributed by atoms with Gasteiger partial charge in [-0.05, 0) is 43.7 Å². The van der Waals surface area contributed by atoms with Gasteiger partial charge in [-0.1, -0.05) is 53.8 Å². The summed E-state index contributed by atoms with van der Waals surface area (Å²) >= 11 is 1.58. The topological polar surface area (TPSA) is 46.3 Å². The average Bonchev–Trinajstić information content (AvgIpc) is 3.20. The summed E-state index contributed by atoms with van der Waals surface area (Å²) in [5.74, 6) is 0.866. The molecule has 0 saturated heterocycles. The molecule has 0 bridgehead atoms. The first kappa shape index (κ1) is 16.9. The van der Waals surface area contributed by atoms with Crippen molar-refractivity contribution in [1.29, 1.82) is 0 Å². The Kier molecular flexibility index (Phi) is 4.53. The van der Waals surface area contributed by atoms with Gasteiger partial charge in [0.15, 0.2) is 5.82 Å². The molecule has 0 spiro atoms. The van der Waals surface area contributed by atoms with Crippen LogP contribution in [-0.4, -0.2) is 31.8 Å². The Morgan fingerprint density at radius 2 is 1.77 bits per heavy atom. The second-order valence-corrected chi connectivity index (χ2v) is 7.63. The van der Waals surface area contributed by atoms with Gasteiger partial charge < -0.3 is 0 Å². The molecule has 0 amide bonds. The zero-order chi connectivity index (χ0) is 18.1. The van der Waals surface area contributed by atoms with E-state index in [1.807, 2.05) is 10.6 Å². The van der Waals surface area contributed by atoms with E-state index in [4.69, 9.17) is 5.10 Å². The van der Waals surface area contributed by atoms with Crippen molar-refractivity contribution in [3.05, 3.63) is 71.0 Å². The van der Waals surface area contributed by atoms with Gasteiger partial charge in [-0.2, -0.15) is 9.61 Å². The number of nitrogens with zero attached hydrogens (tertiary/aromatic N) is 5. The molecule has 2 heterocycles. The number of aryl methyl sites for hydroxylation is 2. The summed E-state index contributed by atoms with van der Waals surface area (Å²) in [5.41, 5.74) is 4.98. The zero-order valence-corrected chi connectivity index (χ0v) is 16.0. The minimum absolute atomic E-state index is 0.701. The molecule has 2 aromatic heterocycles. The van der Waals surface area contributed by atoms with Crippen molar-refractivity contribution in [1.82, 2.24) is 24.7 Å². The van der Waals surface area contributed by atoms with E-state index < -0.39 is 0 Å². The number of aromatic nitrogens is 4. The van der Waals surface area contributed by atoms with Gasteiger partial charge in [0, 0.05) is 12.1 Å². The summed E-state index contributed by atoms with van der Waals surface area (Å²) in [6.07, 6.45) is 0. The molecule has 6 heteroatoms. The summed E-state index contributed by atoms with van der Waals surface area (Å²) in [4.78, 5) is 3.06. The Morgan fingerprint density at radius 3 is 2.54 bits per heavy atom. The van der Waals surface area contributed by atoms with Gasteiger partial charge in [-0.3, -0.25) is 4.90 Å².